The quantitative estimate of drug-likeness (QED) is 0.804. The lowest BCUT2D eigenvalue weighted by molar-refractivity contribution is 0.0398. The summed E-state index contributed by atoms with van der Waals surface area (Å²) in [6.45, 7) is 2.51. The molecule has 0 aromatic heterocycles. The minimum absolute atomic E-state index is 0.0603. The van der Waals surface area contributed by atoms with Crippen molar-refractivity contribution in [2.75, 3.05) is 19.6 Å². The molecule has 0 aliphatic carbocycles. The second-order valence-electron chi connectivity index (χ2n) is 7.41. The highest BCUT2D eigenvalue weighted by molar-refractivity contribution is 5.94. The minimum atomic E-state index is -1.57. The van der Waals surface area contributed by atoms with Gasteiger partial charge in [0.05, 0.1) is 6.54 Å². The molecule has 0 radical (unpaired) electrons. The molecule has 1 aliphatic heterocycles. The van der Waals surface area contributed by atoms with E-state index in [0.29, 0.717) is 5.56 Å². The van der Waals surface area contributed by atoms with Crippen molar-refractivity contribution in [3.63, 3.8) is 0 Å². The van der Waals surface area contributed by atoms with Crippen molar-refractivity contribution in [3.05, 3.63) is 65.2 Å². The number of ether oxygens (including phenoxy) is 1. The number of rotatable bonds is 5. The molecule has 6 nitrogen and oxygen atoms in total. The first-order chi connectivity index (χ1) is 13.8. The van der Waals surface area contributed by atoms with Crippen LogP contribution in [0.1, 0.15) is 34.3 Å². The molecule has 0 saturated carbocycles. The highest BCUT2D eigenvalue weighted by Gasteiger charge is 2.36. The highest BCUT2D eigenvalue weighted by Crippen LogP contribution is 2.26. The van der Waals surface area contributed by atoms with Crippen molar-refractivity contribution in [3.8, 4) is 5.75 Å². The number of phenols is 1. The summed E-state index contributed by atoms with van der Waals surface area (Å²) in [5.41, 5.74) is 0.814. The van der Waals surface area contributed by atoms with Crippen LogP contribution in [0.15, 0.2) is 48.5 Å². The third-order valence-corrected chi connectivity index (χ3v) is 5.10. The van der Waals surface area contributed by atoms with E-state index in [9.17, 15) is 14.7 Å². The fraction of sp³-hybridized carbons (Fsp3) is 0.364. The molecule has 0 unspecified atom stereocenters. The topological polar surface area (TPSA) is 78.9 Å². The fourth-order valence-corrected chi connectivity index (χ4v) is 3.14. The first-order valence-electron chi connectivity index (χ1n) is 9.58. The summed E-state index contributed by atoms with van der Waals surface area (Å²) in [4.78, 5) is 25.8. The average Bonchev–Trinajstić information content (AvgIpc) is 2.72. The maximum atomic E-state index is 15.0. The number of piperidine rings is 1. The number of alkyl halides is 1. The molecule has 0 bridgehead atoms. The van der Waals surface area contributed by atoms with Crippen LogP contribution in [-0.2, 0) is 11.3 Å². The Morgan fingerprint density at radius 3 is 2.34 bits per heavy atom. The van der Waals surface area contributed by atoms with E-state index >= 15 is 4.39 Å². The van der Waals surface area contributed by atoms with E-state index in [-0.39, 0.29) is 44.8 Å². The molecule has 1 aliphatic rings. The molecule has 7 heteroatoms. The number of hydrogen-bond acceptors (Lipinski definition) is 4. The third kappa shape index (κ3) is 5.70. The van der Waals surface area contributed by atoms with Gasteiger partial charge < -0.3 is 20.1 Å². The van der Waals surface area contributed by atoms with Gasteiger partial charge in [0.25, 0.3) is 5.91 Å². The van der Waals surface area contributed by atoms with Gasteiger partial charge in [-0.15, -0.1) is 0 Å². The van der Waals surface area contributed by atoms with Crippen molar-refractivity contribution >= 4 is 12.0 Å². The van der Waals surface area contributed by atoms with Crippen molar-refractivity contribution in [1.29, 1.82) is 0 Å². The molecule has 154 valence electrons. The minimum Gasteiger partial charge on any atom is -0.508 e. The smallest absolute Gasteiger partial charge is 0.410 e. The van der Waals surface area contributed by atoms with Gasteiger partial charge in [0.2, 0.25) is 0 Å². The van der Waals surface area contributed by atoms with Crippen LogP contribution in [0.2, 0.25) is 0 Å². The van der Waals surface area contributed by atoms with E-state index in [1.807, 2.05) is 31.2 Å². The van der Waals surface area contributed by atoms with Crippen LogP contribution in [0.3, 0.4) is 0 Å². The van der Waals surface area contributed by atoms with E-state index in [0.717, 1.165) is 11.1 Å². The predicted octanol–water partition coefficient (Wildman–Crippen LogP) is 3.57. The van der Waals surface area contributed by atoms with Crippen LogP contribution in [0, 0.1) is 6.92 Å². The number of halogens is 1. The van der Waals surface area contributed by atoms with Crippen molar-refractivity contribution in [1.82, 2.24) is 10.2 Å². The summed E-state index contributed by atoms with van der Waals surface area (Å²) in [6.07, 6.45) is -0.203. The van der Waals surface area contributed by atoms with E-state index < -0.39 is 17.7 Å². The van der Waals surface area contributed by atoms with E-state index in [4.69, 9.17) is 4.74 Å². The van der Waals surface area contributed by atoms with Crippen LogP contribution >= 0.6 is 0 Å². The van der Waals surface area contributed by atoms with Crippen LogP contribution in [0.4, 0.5) is 9.18 Å². The summed E-state index contributed by atoms with van der Waals surface area (Å²) in [6, 6.07) is 13.5. The first-order valence-corrected chi connectivity index (χ1v) is 9.58. The molecule has 0 spiro atoms. The van der Waals surface area contributed by atoms with Gasteiger partial charge >= 0.3 is 6.09 Å². The van der Waals surface area contributed by atoms with E-state index in [2.05, 4.69) is 5.32 Å². The standard InChI is InChI=1S/C22H25FN2O4/c1-16-2-4-17(5-3-16)14-29-21(28)25-12-10-22(23,11-13-25)15-24-20(27)18-6-8-19(26)9-7-18/h2-9,26H,10-15H2,1H3,(H,24,27). The van der Waals surface area contributed by atoms with Gasteiger partial charge in [0.15, 0.2) is 0 Å². The largest absolute Gasteiger partial charge is 0.508 e. The predicted molar refractivity (Wildman–Crippen MR) is 106 cm³/mol. The van der Waals surface area contributed by atoms with Crippen molar-refractivity contribution < 1.29 is 23.8 Å². The van der Waals surface area contributed by atoms with Crippen molar-refractivity contribution in [2.24, 2.45) is 0 Å². The number of carbonyl (C=O) groups excluding carboxylic acids is 2. The van der Waals surface area contributed by atoms with Crippen LogP contribution in [-0.4, -0.2) is 47.3 Å². The Hall–Kier alpha value is -3.09. The number of hydrogen-bond donors (Lipinski definition) is 2. The van der Waals surface area contributed by atoms with Crippen LogP contribution in [0.25, 0.3) is 0 Å². The fourth-order valence-electron chi connectivity index (χ4n) is 3.14. The maximum Gasteiger partial charge on any atom is 0.410 e. The number of aromatic hydroxyl groups is 1. The normalized spacial score (nSPS) is 15.6. The number of nitrogens with one attached hydrogen (secondary N) is 1. The number of amides is 2. The third-order valence-electron chi connectivity index (χ3n) is 5.10. The SMILES string of the molecule is Cc1ccc(COC(=O)N2CCC(F)(CNC(=O)c3ccc(O)cc3)CC2)cc1. The molecule has 1 saturated heterocycles. The molecular weight excluding hydrogens is 375 g/mol. The van der Waals surface area contributed by atoms with Gasteiger partial charge in [-0.05, 0) is 36.8 Å². The highest BCUT2D eigenvalue weighted by atomic mass is 19.1. The zero-order chi connectivity index (χ0) is 20.9. The number of phenolic OH excluding ortho intramolecular Hbond substituents is 1. The van der Waals surface area contributed by atoms with E-state index in [1.165, 1.54) is 29.2 Å². The van der Waals surface area contributed by atoms with Gasteiger partial charge in [-0.2, -0.15) is 0 Å². The average molecular weight is 400 g/mol. The molecule has 29 heavy (non-hydrogen) atoms. The molecule has 1 heterocycles. The summed E-state index contributed by atoms with van der Waals surface area (Å²) < 4.78 is 20.3. The Bertz CT molecular complexity index is 844. The number of aryl methyl sites for hydroxylation is 1. The zero-order valence-corrected chi connectivity index (χ0v) is 16.4. The molecule has 2 aromatic rings. The molecule has 3 rings (SSSR count). The number of carbonyl (C=O) groups is 2. The Balaban J connectivity index is 1.43. The lowest BCUT2D eigenvalue weighted by Crippen LogP contribution is -2.49. The Kier molecular flexibility index (Phi) is 6.36. The Morgan fingerprint density at radius 1 is 1.10 bits per heavy atom. The number of nitrogens with zero attached hydrogens (tertiary/aromatic N) is 1. The van der Waals surface area contributed by atoms with Gasteiger partial charge in [0, 0.05) is 31.5 Å². The Labute approximate surface area is 169 Å². The van der Waals surface area contributed by atoms with Crippen molar-refractivity contribution in [2.45, 2.75) is 32.0 Å². The lowest BCUT2D eigenvalue weighted by atomic mass is 9.93. The summed E-state index contributed by atoms with van der Waals surface area (Å²) in [5, 5.41) is 11.9. The number of likely N-dealkylation sites (tertiary alicyclic amines) is 1. The van der Waals surface area contributed by atoms with Gasteiger partial charge in [-0.25, -0.2) is 9.18 Å². The Morgan fingerprint density at radius 2 is 1.72 bits per heavy atom. The van der Waals surface area contributed by atoms with Crippen LogP contribution in [0.5, 0.6) is 5.75 Å². The second kappa shape index (κ2) is 8.94. The zero-order valence-electron chi connectivity index (χ0n) is 16.4. The van der Waals surface area contributed by atoms with Gasteiger partial charge in [-0.1, -0.05) is 29.8 Å². The van der Waals surface area contributed by atoms with Gasteiger partial charge in [0.1, 0.15) is 18.0 Å². The van der Waals surface area contributed by atoms with E-state index in [1.54, 1.807) is 0 Å². The summed E-state index contributed by atoms with van der Waals surface area (Å²) in [5.74, 6) is -0.341. The summed E-state index contributed by atoms with van der Waals surface area (Å²) in [7, 11) is 0. The monoisotopic (exact) mass is 400 g/mol. The molecule has 2 N–H and O–H groups in total. The molecule has 0 atom stereocenters. The molecular formula is C22H25FN2O4. The van der Waals surface area contributed by atoms with Gasteiger partial charge in [-0.3, -0.25) is 4.79 Å². The van der Waals surface area contributed by atoms with Crippen LogP contribution < -0.4 is 5.32 Å². The maximum absolute atomic E-state index is 15.0. The molecule has 2 amide bonds. The summed E-state index contributed by atoms with van der Waals surface area (Å²) >= 11 is 0. The second-order valence-corrected chi connectivity index (χ2v) is 7.41. The number of benzene rings is 2. The first kappa shape index (κ1) is 20.6. The lowest BCUT2D eigenvalue weighted by Gasteiger charge is -2.35. The molecule has 2 aromatic carbocycles. The molecule has 1 fully saturated rings.